The molecule has 1 N–H and O–H groups in total. The molecule has 0 fully saturated rings. The van der Waals surface area contributed by atoms with Gasteiger partial charge < -0.3 is 19.4 Å². The summed E-state index contributed by atoms with van der Waals surface area (Å²) in [5.41, 5.74) is 0. The minimum atomic E-state index is -0.630. The summed E-state index contributed by atoms with van der Waals surface area (Å²) in [5.74, 6) is -0.351. The lowest BCUT2D eigenvalue weighted by atomic mass is 9.92. The van der Waals surface area contributed by atoms with Crippen molar-refractivity contribution in [3.8, 4) is 0 Å². The average Bonchev–Trinajstić information content (AvgIpc) is 2.19. The molecule has 0 aliphatic carbocycles. The second kappa shape index (κ2) is 7.91. The van der Waals surface area contributed by atoms with E-state index in [1.165, 1.54) is 0 Å². The molecule has 0 amide bonds. The minimum Gasteiger partial charge on any atom is -0.392 e. The van der Waals surface area contributed by atoms with Crippen LogP contribution in [0.3, 0.4) is 0 Å². The number of ether oxygens (including phenoxy) is 2. The lowest BCUT2D eigenvalue weighted by Gasteiger charge is -2.22. The van der Waals surface area contributed by atoms with E-state index in [-0.39, 0.29) is 18.6 Å². The molecule has 0 rings (SSSR count). The standard InChI is InChI=1S/C10H20O4/c1-4-9(5-11)10(12)8(2)6-14-7-13-3/h5,8-10,12H,4,6-7H2,1-3H3/t8-,9-,10+/m1/s1. The van der Waals surface area contributed by atoms with Crippen LogP contribution in [0.5, 0.6) is 0 Å². The number of aliphatic hydroxyl groups excluding tert-OH is 1. The van der Waals surface area contributed by atoms with Gasteiger partial charge in [-0.05, 0) is 6.42 Å². The molecule has 3 atom stereocenters. The van der Waals surface area contributed by atoms with Gasteiger partial charge in [-0.1, -0.05) is 13.8 Å². The zero-order valence-electron chi connectivity index (χ0n) is 9.10. The van der Waals surface area contributed by atoms with Gasteiger partial charge >= 0.3 is 0 Å². The number of aliphatic hydroxyl groups is 1. The summed E-state index contributed by atoms with van der Waals surface area (Å²) >= 11 is 0. The summed E-state index contributed by atoms with van der Waals surface area (Å²) < 4.78 is 9.82. The van der Waals surface area contributed by atoms with Crippen molar-refractivity contribution in [2.24, 2.45) is 11.8 Å². The van der Waals surface area contributed by atoms with Crippen LogP contribution in [-0.4, -0.2) is 38.0 Å². The van der Waals surface area contributed by atoms with Crippen LogP contribution in [0.25, 0.3) is 0 Å². The third kappa shape index (κ3) is 4.69. The number of hydrogen-bond donors (Lipinski definition) is 1. The number of aldehydes is 1. The fraction of sp³-hybridized carbons (Fsp3) is 0.900. The molecule has 0 saturated carbocycles. The maximum Gasteiger partial charge on any atom is 0.146 e. The van der Waals surface area contributed by atoms with Crippen LogP contribution in [0.15, 0.2) is 0 Å². The molecule has 0 heterocycles. The summed E-state index contributed by atoms with van der Waals surface area (Å²) in [7, 11) is 1.54. The van der Waals surface area contributed by atoms with Gasteiger partial charge in [-0.2, -0.15) is 0 Å². The molecule has 0 spiro atoms. The first-order valence-corrected chi connectivity index (χ1v) is 4.87. The van der Waals surface area contributed by atoms with Gasteiger partial charge in [-0.3, -0.25) is 0 Å². The molecule has 0 saturated heterocycles. The fourth-order valence-electron chi connectivity index (χ4n) is 1.26. The van der Waals surface area contributed by atoms with E-state index in [0.29, 0.717) is 13.0 Å². The van der Waals surface area contributed by atoms with Crippen LogP contribution >= 0.6 is 0 Å². The van der Waals surface area contributed by atoms with E-state index < -0.39 is 6.10 Å². The van der Waals surface area contributed by atoms with Gasteiger partial charge in [0.05, 0.1) is 12.7 Å². The van der Waals surface area contributed by atoms with Crippen molar-refractivity contribution >= 4 is 6.29 Å². The number of methoxy groups -OCH3 is 1. The normalized spacial score (nSPS) is 17.4. The molecule has 0 bridgehead atoms. The maximum absolute atomic E-state index is 10.6. The number of rotatable bonds is 8. The Bertz CT molecular complexity index is 149. The second-order valence-electron chi connectivity index (χ2n) is 3.45. The average molecular weight is 204 g/mol. The third-order valence-corrected chi connectivity index (χ3v) is 2.25. The Kier molecular flexibility index (Phi) is 7.65. The van der Waals surface area contributed by atoms with Crippen LogP contribution in [0.1, 0.15) is 20.3 Å². The van der Waals surface area contributed by atoms with E-state index in [1.807, 2.05) is 13.8 Å². The van der Waals surface area contributed by atoms with E-state index in [2.05, 4.69) is 0 Å². The van der Waals surface area contributed by atoms with Crippen molar-refractivity contribution < 1.29 is 19.4 Å². The highest BCUT2D eigenvalue weighted by atomic mass is 16.7. The van der Waals surface area contributed by atoms with Crippen molar-refractivity contribution in [2.75, 3.05) is 20.5 Å². The predicted molar refractivity (Wildman–Crippen MR) is 52.8 cm³/mol. The smallest absolute Gasteiger partial charge is 0.146 e. The van der Waals surface area contributed by atoms with Crippen LogP contribution in [-0.2, 0) is 14.3 Å². The van der Waals surface area contributed by atoms with E-state index in [4.69, 9.17) is 9.47 Å². The summed E-state index contributed by atoms with van der Waals surface area (Å²) in [6.07, 6.45) is 0.825. The lowest BCUT2D eigenvalue weighted by molar-refractivity contribution is -0.117. The summed E-state index contributed by atoms with van der Waals surface area (Å²) in [4.78, 5) is 10.6. The number of hydrogen-bond acceptors (Lipinski definition) is 4. The van der Waals surface area contributed by atoms with Gasteiger partial charge in [0, 0.05) is 18.9 Å². The van der Waals surface area contributed by atoms with Crippen molar-refractivity contribution in [3.05, 3.63) is 0 Å². The van der Waals surface area contributed by atoms with E-state index in [0.717, 1.165) is 6.29 Å². The Morgan fingerprint density at radius 2 is 2.14 bits per heavy atom. The van der Waals surface area contributed by atoms with Gasteiger partial charge in [-0.25, -0.2) is 0 Å². The van der Waals surface area contributed by atoms with Crippen molar-refractivity contribution in [1.29, 1.82) is 0 Å². The maximum atomic E-state index is 10.6. The predicted octanol–water partition coefficient (Wildman–Crippen LogP) is 0.829. The molecule has 0 aromatic carbocycles. The fourth-order valence-corrected chi connectivity index (χ4v) is 1.26. The lowest BCUT2D eigenvalue weighted by Crippen LogP contribution is -2.31. The molecule has 0 radical (unpaired) electrons. The topological polar surface area (TPSA) is 55.8 Å². The first-order chi connectivity index (χ1) is 6.67. The zero-order chi connectivity index (χ0) is 11.0. The highest BCUT2D eigenvalue weighted by Gasteiger charge is 2.22. The van der Waals surface area contributed by atoms with Gasteiger partial charge in [-0.15, -0.1) is 0 Å². The van der Waals surface area contributed by atoms with Crippen molar-refractivity contribution in [2.45, 2.75) is 26.4 Å². The molecule has 0 aromatic heterocycles. The zero-order valence-corrected chi connectivity index (χ0v) is 9.10. The molecule has 0 aliphatic heterocycles. The minimum absolute atomic E-state index is 0.0553. The Morgan fingerprint density at radius 3 is 2.57 bits per heavy atom. The summed E-state index contributed by atoms with van der Waals surface area (Å²) in [5, 5.41) is 9.72. The molecule has 84 valence electrons. The molecule has 14 heavy (non-hydrogen) atoms. The molecule has 0 aromatic rings. The highest BCUT2D eigenvalue weighted by molar-refractivity contribution is 5.54. The van der Waals surface area contributed by atoms with Crippen molar-refractivity contribution in [3.63, 3.8) is 0 Å². The third-order valence-electron chi connectivity index (χ3n) is 2.25. The largest absolute Gasteiger partial charge is 0.392 e. The molecule has 0 unspecified atom stereocenters. The second-order valence-corrected chi connectivity index (χ2v) is 3.45. The SMILES string of the molecule is CC[C@H](C=O)[C@@H](O)[C@H](C)COCOC. The molecule has 4 heteroatoms. The Morgan fingerprint density at radius 1 is 1.50 bits per heavy atom. The Balaban J connectivity index is 3.83. The van der Waals surface area contributed by atoms with E-state index in [9.17, 15) is 9.90 Å². The molecule has 0 aliphatic rings. The molecular formula is C10H20O4. The quantitative estimate of drug-likeness (QED) is 0.361. The Labute approximate surface area is 85.2 Å². The van der Waals surface area contributed by atoms with E-state index in [1.54, 1.807) is 7.11 Å². The van der Waals surface area contributed by atoms with Crippen LogP contribution in [0, 0.1) is 11.8 Å². The highest BCUT2D eigenvalue weighted by Crippen LogP contribution is 2.14. The molecular weight excluding hydrogens is 184 g/mol. The monoisotopic (exact) mass is 204 g/mol. The molecule has 4 nitrogen and oxygen atoms in total. The van der Waals surface area contributed by atoms with Crippen LogP contribution < -0.4 is 0 Å². The van der Waals surface area contributed by atoms with Gasteiger partial charge in [0.2, 0.25) is 0 Å². The van der Waals surface area contributed by atoms with Gasteiger partial charge in [0.1, 0.15) is 13.1 Å². The Hall–Kier alpha value is -0.450. The first-order valence-electron chi connectivity index (χ1n) is 4.87. The summed E-state index contributed by atoms with van der Waals surface area (Å²) in [6.45, 7) is 4.35. The number of carbonyl (C=O) groups is 1. The van der Waals surface area contributed by atoms with Gasteiger partial charge in [0.15, 0.2) is 0 Å². The van der Waals surface area contributed by atoms with E-state index >= 15 is 0 Å². The van der Waals surface area contributed by atoms with Gasteiger partial charge in [0.25, 0.3) is 0 Å². The summed E-state index contributed by atoms with van der Waals surface area (Å²) in [6, 6.07) is 0. The van der Waals surface area contributed by atoms with Crippen LogP contribution in [0.4, 0.5) is 0 Å². The number of carbonyl (C=O) groups excluding carboxylic acids is 1. The first kappa shape index (κ1) is 13.5. The van der Waals surface area contributed by atoms with Crippen LogP contribution in [0.2, 0.25) is 0 Å². The van der Waals surface area contributed by atoms with Crippen molar-refractivity contribution in [1.82, 2.24) is 0 Å².